The van der Waals surface area contributed by atoms with E-state index in [-0.39, 0.29) is 29.4 Å². The van der Waals surface area contributed by atoms with Gasteiger partial charge in [0.05, 0.1) is 30.0 Å². The third-order valence-electron chi connectivity index (χ3n) is 6.81. The van der Waals surface area contributed by atoms with Crippen LogP contribution in [0.15, 0.2) is 53.3 Å². The van der Waals surface area contributed by atoms with Crippen LogP contribution >= 0.6 is 12.4 Å². The van der Waals surface area contributed by atoms with Crippen molar-refractivity contribution in [2.75, 3.05) is 49.2 Å². The average Bonchev–Trinajstić information content (AvgIpc) is 2.89. The summed E-state index contributed by atoms with van der Waals surface area (Å²) in [6.45, 7) is 4.52. The maximum Gasteiger partial charge on any atom is 0.192 e. The van der Waals surface area contributed by atoms with Crippen molar-refractivity contribution < 1.29 is 9.13 Å². The van der Waals surface area contributed by atoms with E-state index in [0.717, 1.165) is 50.3 Å². The standard InChI is InChI=1S/C27H28FN5O2.ClH/c28-23-15-19(1-2-20(23)17-29)27-26(18-3-5-22(6-4-18)32-11-13-35-14-12-32)24(34)16-25(31-27)33-9-7-21(30)8-10-33;/h1-6,15-16,21H,7-14,30H2,(H,31,34);1H. The Balaban J connectivity index is 0.00000304. The monoisotopic (exact) mass is 509 g/mol. The van der Waals surface area contributed by atoms with Crippen molar-refractivity contribution in [2.45, 2.75) is 18.9 Å². The highest BCUT2D eigenvalue weighted by Crippen LogP contribution is 2.32. The summed E-state index contributed by atoms with van der Waals surface area (Å²) in [6, 6.07) is 15.9. The summed E-state index contributed by atoms with van der Waals surface area (Å²) in [5.74, 6) is 0.0733. The maximum atomic E-state index is 14.6. The first-order valence-electron chi connectivity index (χ1n) is 11.9. The number of nitrogens with two attached hydrogens (primary N) is 1. The number of nitriles is 1. The van der Waals surface area contributed by atoms with E-state index >= 15 is 0 Å². The van der Waals surface area contributed by atoms with Crippen LogP contribution < -0.4 is 21.0 Å². The molecule has 0 spiro atoms. The predicted octanol–water partition coefficient (Wildman–Crippen LogP) is 3.91. The number of aromatic amines is 1. The number of H-pyrrole nitrogens is 1. The average molecular weight is 510 g/mol. The summed E-state index contributed by atoms with van der Waals surface area (Å²) in [5, 5.41) is 9.15. The number of anilines is 2. The smallest absolute Gasteiger partial charge is 0.192 e. The first-order chi connectivity index (χ1) is 17.0. The van der Waals surface area contributed by atoms with Crippen LogP contribution in [0.2, 0.25) is 0 Å². The summed E-state index contributed by atoms with van der Waals surface area (Å²) in [6.07, 6.45) is 1.68. The highest BCUT2D eigenvalue weighted by Gasteiger charge is 2.21. The first kappa shape index (κ1) is 25.7. The van der Waals surface area contributed by atoms with Gasteiger partial charge in [-0.3, -0.25) is 4.79 Å². The van der Waals surface area contributed by atoms with Crippen LogP contribution in [-0.4, -0.2) is 50.4 Å². The molecule has 0 saturated carbocycles. The maximum absolute atomic E-state index is 14.6. The summed E-state index contributed by atoms with van der Waals surface area (Å²) >= 11 is 0. The molecule has 3 N–H and O–H groups in total. The molecule has 3 aromatic rings. The number of nitrogens with zero attached hydrogens (tertiary/aromatic N) is 3. The molecule has 2 fully saturated rings. The van der Waals surface area contributed by atoms with Gasteiger partial charge in [-0.2, -0.15) is 5.26 Å². The zero-order chi connectivity index (χ0) is 24.4. The molecule has 7 nitrogen and oxygen atoms in total. The van der Waals surface area contributed by atoms with Crippen LogP contribution in [0, 0.1) is 17.1 Å². The molecule has 0 aliphatic carbocycles. The Kier molecular flexibility index (Phi) is 7.94. The number of halogens is 2. The van der Waals surface area contributed by atoms with Crippen molar-refractivity contribution in [3.8, 4) is 28.5 Å². The molecule has 5 rings (SSSR count). The molecule has 0 amide bonds. The van der Waals surface area contributed by atoms with Crippen molar-refractivity contribution in [1.29, 1.82) is 5.26 Å². The molecule has 3 heterocycles. The highest BCUT2D eigenvalue weighted by molar-refractivity contribution is 5.85. The SMILES string of the molecule is Cl.N#Cc1ccc(-c2[nH]c(N3CCC(N)CC3)cc(=O)c2-c2ccc(N3CCOCC3)cc2)cc1F. The quantitative estimate of drug-likeness (QED) is 0.553. The molecule has 0 unspecified atom stereocenters. The van der Waals surface area contributed by atoms with Gasteiger partial charge in [0.15, 0.2) is 5.43 Å². The van der Waals surface area contributed by atoms with Crippen molar-refractivity contribution in [1.82, 2.24) is 4.98 Å². The fraction of sp³-hybridized carbons (Fsp3) is 0.333. The van der Waals surface area contributed by atoms with Gasteiger partial charge in [0.25, 0.3) is 0 Å². The van der Waals surface area contributed by atoms with Crippen LogP contribution in [0.25, 0.3) is 22.4 Å². The predicted molar refractivity (Wildman–Crippen MR) is 142 cm³/mol. The molecular formula is C27H29ClFN5O2. The zero-order valence-corrected chi connectivity index (χ0v) is 20.7. The topological polar surface area (TPSA) is 98.4 Å². The molecule has 2 aliphatic rings. The molecule has 2 aliphatic heterocycles. The normalized spacial score (nSPS) is 16.4. The van der Waals surface area contributed by atoms with E-state index in [1.165, 1.54) is 12.1 Å². The van der Waals surface area contributed by atoms with Crippen LogP contribution in [0.3, 0.4) is 0 Å². The second-order valence-electron chi connectivity index (χ2n) is 9.05. The zero-order valence-electron chi connectivity index (χ0n) is 19.9. The number of hydrogen-bond donors (Lipinski definition) is 2. The number of ether oxygens (including phenoxy) is 1. The Morgan fingerprint density at radius 2 is 1.64 bits per heavy atom. The van der Waals surface area contributed by atoms with Gasteiger partial charge in [0.2, 0.25) is 0 Å². The minimum absolute atomic E-state index is 0. The van der Waals surface area contributed by atoms with Crippen molar-refractivity contribution >= 4 is 23.9 Å². The van der Waals surface area contributed by atoms with Crippen molar-refractivity contribution in [3.63, 3.8) is 0 Å². The number of rotatable bonds is 4. The van der Waals surface area contributed by atoms with Crippen LogP contribution in [0.1, 0.15) is 18.4 Å². The Bertz CT molecular complexity index is 1310. The van der Waals surface area contributed by atoms with Gasteiger partial charge in [0.1, 0.15) is 17.7 Å². The Labute approximate surface area is 215 Å². The van der Waals surface area contributed by atoms with E-state index < -0.39 is 5.82 Å². The van der Waals surface area contributed by atoms with Gasteiger partial charge < -0.3 is 25.3 Å². The lowest BCUT2D eigenvalue weighted by Crippen LogP contribution is -2.40. The van der Waals surface area contributed by atoms with Crippen LogP contribution in [-0.2, 0) is 4.74 Å². The largest absolute Gasteiger partial charge is 0.378 e. The second-order valence-corrected chi connectivity index (χ2v) is 9.05. The third-order valence-corrected chi connectivity index (χ3v) is 6.81. The number of hydrogen-bond acceptors (Lipinski definition) is 6. The number of morpholine rings is 1. The molecule has 2 saturated heterocycles. The molecule has 9 heteroatoms. The Hall–Kier alpha value is -3.38. The lowest BCUT2D eigenvalue weighted by molar-refractivity contribution is 0.122. The van der Waals surface area contributed by atoms with E-state index in [9.17, 15) is 9.18 Å². The molecular weight excluding hydrogens is 481 g/mol. The number of piperidine rings is 1. The molecule has 36 heavy (non-hydrogen) atoms. The van der Waals surface area contributed by atoms with Crippen LogP contribution in [0.5, 0.6) is 0 Å². The number of benzene rings is 2. The fourth-order valence-electron chi connectivity index (χ4n) is 4.78. The Morgan fingerprint density at radius 1 is 0.972 bits per heavy atom. The van der Waals surface area contributed by atoms with Crippen molar-refractivity contribution in [3.05, 3.63) is 70.1 Å². The molecule has 0 atom stereocenters. The van der Waals surface area contributed by atoms with Gasteiger partial charge in [-0.15, -0.1) is 12.4 Å². The highest BCUT2D eigenvalue weighted by atomic mass is 35.5. The van der Waals surface area contributed by atoms with Crippen LogP contribution in [0.4, 0.5) is 15.9 Å². The van der Waals surface area contributed by atoms with E-state index in [1.807, 2.05) is 30.3 Å². The molecule has 0 radical (unpaired) electrons. The van der Waals surface area contributed by atoms with E-state index in [1.54, 1.807) is 12.1 Å². The van der Waals surface area contributed by atoms with Gasteiger partial charge in [-0.25, -0.2) is 4.39 Å². The van der Waals surface area contributed by atoms with Gasteiger partial charge in [0, 0.05) is 49.5 Å². The minimum atomic E-state index is -0.617. The summed E-state index contributed by atoms with van der Waals surface area (Å²) in [7, 11) is 0. The summed E-state index contributed by atoms with van der Waals surface area (Å²) in [5.41, 5.74) is 9.22. The molecule has 2 aromatic carbocycles. The molecule has 188 valence electrons. The third kappa shape index (κ3) is 5.24. The molecule has 1 aromatic heterocycles. The Morgan fingerprint density at radius 3 is 2.28 bits per heavy atom. The lowest BCUT2D eigenvalue weighted by Gasteiger charge is -2.32. The van der Waals surface area contributed by atoms with E-state index in [4.69, 9.17) is 15.7 Å². The number of aromatic nitrogens is 1. The minimum Gasteiger partial charge on any atom is -0.378 e. The first-order valence-corrected chi connectivity index (χ1v) is 11.9. The molecule has 0 bridgehead atoms. The van der Waals surface area contributed by atoms with Gasteiger partial charge >= 0.3 is 0 Å². The van der Waals surface area contributed by atoms with E-state index in [2.05, 4.69) is 14.8 Å². The van der Waals surface area contributed by atoms with E-state index in [0.29, 0.717) is 35.9 Å². The summed E-state index contributed by atoms with van der Waals surface area (Å²) < 4.78 is 20.0. The summed E-state index contributed by atoms with van der Waals surface area (Å²) in [4.78, 5) is 21.3. The second kappa shape index (κ2) is 11.1. The number of nitrogens with one attached hydrogen (secondary N) is 1. The van der Waals surface area contributed by atoms with Gasteiger partial charge in [-0.05, 0) is 42.7 Å². The fourth-order valence-corrected chi connectivity index (χ4v) is 4.78. The lowest BCUT2D eigenvalue weighted by atomic mass is 9.97. The van der Waals surface area contributed by atoms with Crippen molar-refractivity contribution in [2.24, 2.45) is 5.73 Å². The van der Waals surface area contributed by atoms with Gasteiger partial charge in [-0.1, -0.05) is 18.2 Å². The number of pyridine rings is 1.